The second kappa shape index (κ2) is 5.83. The number of aryl methyl sites for hydroxylation is 1. The Kier molecular flexibility index (Phi) is 4.42. The molecule has 1 aliphatic rings. The fourth-order valence-corrected chi connectivity index (χ4v) is 3.19. The van der Waals surface area contributed by atoms with Gasteiger partial charge in [-0.25, -0.2) is 0 Å². The molecule has 90 valence electrons. The fraction of sp³-hybridized carbons (Fsp3) is 0.714. The molecular formula is C14H23NS. The van der Waals surface area contributed by atoms with Crippen molar-refractivity contribution in [3.8, 4) is 0 Å². The van der Waals surface area contributed by atoms with E-state index in [0.717, 1.165) is 12.0 Å². The zero-order valence-electron chi connectivity index (χ0n) is 10.5. The first-order chi connectivity index (χ1) is 7.83. The van der Waals surface area contributed by atoms with E-state index in [1.165, 1.54) is 43.5 Å². The molecular weight excluding hydrogens is 214 g/mol. The Balaban J connectivity index is 1.88. The fourth-order valence-electron chi connectivity index (χ4n) is 2.17. The van der Waals surface area contributed by atoms with Crippen LogP contribution in [-0.4, -0.2) is 12.6 Å². The number of nitrogens with one attached hydrogen (secondary N) is 1. The lowest BCUT2D eigenvalue weighted by Crippen LogP contribution is -2.33. The first kappa shape index (κ1) is 12.1. The van der Waals surface area contributed by atoms with Crippen molar-refractivity contribution in [3.63, 3.8) is 0 Å². The predicted octanol–water partition coefficient (Wildman–Crippen LogP) is 3.63. The van der Waals surface area contributed by atoms with Crippen LogP contribution in [-0.2, 0) is 12.8 Å². The normalized spacial score (nSPS) is 17.6. The smallest absolute Gasteiger partial charge is 0.0144 e. The van der Waals surface area contributed by atoms with Crippen LogP contribution in [0.5, 0.6) is 0 Å². The van der Waals surface area contributed by atoms with Crippen LogP contribution >= 0.6 is 11.3 Å². The van der Waals surface area contributed by atoms with Crippen LogP contribution in [0.3, 0.4) is 0 Å². The largest absolute Gasteiger partial charge is 0.313 e. The second-order valence-corrected chi connectivity index (χ2v) is 6.08. The number of hydrogen-bond donors (Lipinski definition) is 1. The molecule has 1 unspecified atom stereocenters. The third kappa shape index (κ3) is 3.33. The summed E-state index contributed by atoms with van der Waals surface area (Å²) in [6, 6.07) is 5.36. The van der Waals surface area contributed by atoms with Crippen molar-refractivity contribution in [2.75, 3.05) is 6.54 Å². The SMILES string of the molecule is CCCNC(Cc1ccc(CC)s1)C1CC1. The van der Waals surface area contributed by atoms with Gasteiger partial charge in [0, 0.05) is 15.8 Å². The third-order valence-corrected chi connectivity index (χ3v) is 4.59. The van der Waals surface area contributed by atoms with Gasteiger partial charge >= 0.3 is 0 Å². The van der Waals surface area contributed by atoms with Crippen LogP contribution in [0.2, 0.25) is 0 Å². The number of thiophene rings is 1. The molecule has 1 aromatic heterocycles. The minimum Gasteiger partial charge on any atom is -0.313 e. The Morgan fingerprint density at radius 1 is 1.31 bits per heavy atom. The summed E-state index contributed by atoms with van der Waals surface area (Å²) in [5.74, 6) is 0.957. The monoisotopic (exact) mass is 237 g/mol. The van der Waals surface area contributed by atoms with Crippen LogP contribution in [0.4, 0.5) is 0 Å². The topological polar surface area (TPSA) is 12.0 Å². The van der Waals surface area contributed by atoms with E-state index >= 15 is 0 Å². The number of rotatable bonds is 7. The van der Waals surface area contributed by atoms with Gasteiger partial charge in [-0.1, -0.05) is 13.8 Å². The molecule has 0 bridgehead atoms. The van der Waals surface area contributed by atoms with E-state index in [1.807, 2.05) is 11.3 Å². The highest BCUT2D eigenvalue weighted by atomic mass is 32.1. The summed E-state index contributed by atoms with van der Waals surface area (Å²) in [5.41, 5.74) is 0. The maximum Gasteiger partial charge on any atom is 0.0144 e. The average molecular weight is 237 g/mol. The summed E-state index contributed by atoms with van der Waals surface area (Å²) < 4.78 is 0. The Bertz CT molecular complexity index is 314. The highest BCUT2D eigenvalue weighted by Crippen LogP contribution is 2.35. The molecule has 0 aromatic carbocycles. The summed E-state index contributed by atoms with van der Waals surface area (Å²) in [5, 5.41) is 3.71. The molecule has 0 aliphatic heterocycles. The molecule has 2 heteroatoms. The Morgan fingerprint density at radius 2 is 2.06 bits per heavy atom. The minimum atomic E-state index is 0.739. The van der Waals surface area contributed by atoms with E-state index in [2.05, 4.69) is 31.3 Å². The first-order valence-corrected chi connectivity index (χ1v) is 7.46. The predicted molar refractivity (Wildman–Crippen MR) is 72.2 cm³/mol. The lowest BCUT2D eigenvalue weighted by molar-refractivity contribution is 0.462. The molecule has 0 spiro atoms. The molecule has 1 N–H and O–H groups in total. The van der Waals surface area contributed by atoms with Crippen LogP contribution in [0.15, 0.2) is 12.1 Å². The lowest BCUT2D eigenvalue weighted by atomic mass is 10.1. The van der Waals surface area contributed by atoms with E-state index in [0.29, 0.717) is 0 Å². The Morgan fingerprint density at radius 3 is 2.62 bits per heavy atom. The quantitative estimate of drug-likeness (QED) is 0.763. The molecule has 0 radical (unpaired) electrons. The van der Waals surface area contributed by atoms with Gasteiger partial charge in [0.25, 0.3) is 0 Å². The van der Waals surface area contributed by atoms with Gasteiger partial charge in [-0.15, -0.1) is 11.3 Å². The van der Waals surface area contributed by atoms with Gasteiger partial charge in [-0.3, -0.25) is 0 Å². The summed E-state index contributed by atoms with van der Waals surface area (Å²) in [7, 11) is 0. The first-order valence-electron chi connectivity index (χ1n) is 6.64. The number of hydrogen-bond acceptors (Lipinski definition) is 2. The Labute approximate surface area is 103 Å². The van der Waals surface area contributed by atoms with Crippen LogP contribution in [0.1, 0.15) is 42.9 Å². The molecule has 1 nitrogen and oxygen atoms in total. The van der Waals surface area contributed by atoms with E-state index in [1.54, 1.807) is 4.88 Å². The molecule has 2 rings (SSSR count). The third-order valence-electron chi connectivity index (χ3n) is 3.33. The molecule has 1 aromatic rings. The van der Waals surface area contributed by atoms with Crippen molar-refractivity contribution < 1.29 is 0 Å². The molecule has 1 atom stereocenters. The van der Waals surface area contributed by atoms with Crippen LogP contribution < -0.4 is 5.32 Å². The molecule has 1 heterocycles. The second-order valence-electron chi connectivity index (χ2n) is 4.82. The van der Waals surface area contributed by atoms with Crippen molar-refractivity contribution in [1.29, 1.82) is 0 Å². The van der Waals surface area contributed by atoms with Gasteiger partial charge in [-0.05, 0) is 56.7 Å². The molecule has 1 fully saturated rings. The van der Waals surface area contributed by atoms with Gasteiger partial charge in [0.1, 0.15) is 0 Å². The molecule has 16 heavy (non-hydrogen) atoms. The van der Waals surface area contributed by atoms with Crippen molar-refractivity contribution in [3.05, 3.63) is 21.9 Å². The van der Waals surface area contributed by atoms with Crippen molar-refractivity contribution >= 4 is 11.3 Å². The Hall–Kier alpha value is -0.340. The minimum absolute atomic E-state index is 0.739. The zero-order valence-corrected chi connectivity index (χ0v) is 11.3. The molecule has 1 saturated carbocycles. The van der Waals surface area contributed by atoms with Gasteiger partial charge in [-0.2, -0.15) is 0 Å². The van der Waals surface area contributed by atoms with Crippen LogP contribution in [0.25, 0.3) is 0 Å². The zero-order chi connectivity index (χ0) is 11.4. The van der Waals surface area contributed by atoms with Gasteiger partial charge in [0.2, 0.25) is 0 Å². The van der Waals surface area contributed by atoms with Crippen molar-refractivity contribution in [2.24, 2.45) is 5.92 Å². The highest BCUT2D eigenvalue weighted by Gasteiger charge is 2.30. The van der Waals surface area contributed by atoms with Crippen LogP contribution in [0, 0.1) is 5.92 Å². The molecule has 0 amide bonds. The van der Waals surface area contributed by atoms with Gasteiger partial charge in [0.05, 0.1) is 0 Å². The van der Waals surface area contributed by atoms with Gasteiger partial charge in [0.15, 0.2) is 0 Å². The molecule has 0 saturated heterocycles. The lowest BCUT2D eigenvalue weighted by Gasteiger charge is -2.16. The van der Waals surface area contributed by atoms with E-state index < -0.39 is 0 Å². The highest BCUT2D eigenvalue weighted by molar-refractivity contribution is 7.11. The average Bonchev–Trinajstić information content (AvgIpc) is 3.05. The van der Waals surface area contributed by atoms with E-state index in [-0.39, 0.29) is 0 Å². The maximum absolute atomic E-state index is 3.71. The summed E-state index contributed by atoms with van der Waals surface area (Å²) in [6.07, 6.45) is 6.55. The van der Waals surface area contributed by atoms with E-state index in [9.17, 15) is 0 Å². The van der Waals surface area contributed by atoms with E-state index in [4.69, 9.17) is 0 Å². The maximum atomic E-state index is 3.71. The summed E-state index contributed by atoms with van der Waals surface area (Å²) in [4.78, 5) is 3.09. The van der Waals surface area contributed by atoms with Gasteiger partial charge < -0.3 is 5.32 Å². The van der Waals surface area contributed by atoms with Crippen molar-refractivity contribution in [1.82, 2.24) is 5.32 Å². The summed E-state index contributed by atoms with van der Waals surface area (Å²) in [6.45, 7) is 5.66. The summed E-state index contributed by atoms with van der Waals surface area (Å²) >= 11 is 2.00. The molecule has 1 aliphatic carbocycles. The standard InChI is InChI=1S/C14H23NS/c1-3-9-15-14(11-5-6-11)10-13-8-7-12(4-2)16-13/h7-8,11,14-15H,3-6,9-10H2,1-2H3. The van der Waals surface area contributed by atoms with Crippen molar-refractivity contribution in [2.45, 2.75) is 52.0 Å².